The molecule has 2 N–H and O–H groups in total. The van der Waals surface area contributed by atoms with Gasteiger partial charge in [-0.05, 0) is 86.0 Å². The molecule has 3 aromatic carbocycles. The number of alkyl halides is 5. The van der Waals surface area contributed by atoms with Crippen molar-refractivity contribution in [3.63, 3.8) is 0 Å². The molecule has 4 heterocycles. The maximum absolute atomic E-state index is 14.1. The fourth-order valence-corrected chi connectivity index (χ4v) is 7.73. The monoisotopic (exact) mass is 925 g/mol. The zero-order chi connectivity index (χ0) is 45.4. The van der Waals surface area contributed by atoms with Gasteiger partial charge in [-0.3, -0.25) is 4.90 Å². The zero-order valence-electron chi connectivity index (χ0n) is 33.5. The second-order valence-electron chi connectivity index (χ2n) is 15.1. The van der Waals surface area contributed by atoms with Gasteiger partial charge in [0, 0.05) is 30.3 Å². The Hall–Kier alpha value is -5.59. The van der Waals surface area contributed by atoms with Crippen molar-refractivity contribution in [1.29, 1.82) is 0 Å². The number of ether oxygens (including phenoxy) is 5. The molecule has 1 aromatic heterocycles. The number of pyridine rings is 1. The number of aliphatic carboxylic acids is 1. The van der Waals surface area contributed by atoms with Crippen molar-refractivity contribution >= 4 is 46.8 Å². The van der Waals surface area contributed by atoms with Gasteiger partial charge in [-0.2, -0.15) is 26.7 Å². The molecule has 0 radical (unpaired) electrons. The number of fused-ring (bicyclic) bond motifs is 3. The number of carbonyl (C=O) groups is 3. The normalized spacial score (nSPS) is 18.9. The second-order valence-corrected chi connectivity index (χ2v) is 15.9. The molecule has 3 aliphatic heterocycles. The number of carboxylic acid groups (broad SMARTS) is 1. The van der Waals surface area contributed by atoms with Gasteiger partial charge in [-0.1, -0.05) is 59.6 Å². The van der Waals surface area contributed by atoms with Crippen LogP contribution in [0, 0.1) is 17.0 Å². The Bertz CT molecular complexity index is 2220. The van der Waals surface area contributed by atoms with E-state index in [2.05, 4.69) is 10.2 Å². The van der Waals surface area contributed by atoms with Crippen LogP contribution in [-0.2, 0) is 25.5 Å². The van der Waals surface area contributed by atoms with E-state index >= 15 is 0 Å². The highest BCUT2D eigenvalue weighted by atomic mass is 35.5. The van der Waals surface area contributed by atoms with Crippen LogP contribution in [0.15, 0.2) is 79.1 Å². The molecule has 4 aromatic rings. The SMILES string of the molecule is COc1cc(NC(C(=O)O[C@H]2CN3CCC2CC3)c2ccccc2)cc(C(=O)O[C@@H](Cc2c(Cl)c[n+]([O-])cc2Cl)c2ccc(OC(F)F)c(OCC3CC3)c2)c1.O=C(O)C(F)(F)F. The fraction of sp³-hybridized carbons (Fsp3) is 0.395. The number of anilines is 1. The lowest BCUT2D eigenvalue weighted by atomic mass is 9.86. The van der Waals surface area contributed by atoms with Crippen LogP contribution in [0.1, 0.15) is 64.9 Å². The summed E-state index contributed by atoms with van der Waals surface area (Å²) in [6.07, 6.45) is -0.391. The predicted octanol–water partition coefficient (Wildman–Crippen LogP) is 8.59. The van der Waals surface area contributed by atoms with Crippen LogP contribution < -0.4 is 24.3 Å². The molecule has 3 atom stereocenters. The zero-order valence-corrected chi connectivity index (χ0v) is 35.0. The molecule has 1 saturated carbocycles. The molecule has 0 spiro atoms. The lowest BCUT2D eigenvalue weighted by Crippen LogP contribution is -2.52. The summed E-state index contributed by atoms with van der Waals surface area (Å²) >= 11 is 12.9. The minimum atomic E-state index is -5.08. The van der Waals surface area contributed by atoms with E-state index in [1.807, 2.05) is 30.3 Å². The van der Waals surface area contributed by atoms with E-state index < -0.39 is 42.8 Å². The quantitative estimate of drug-likeness (QED) is 0.0478. The van der Waals surface area contributed by atoms with Crippen LogP contribution >= 0.6 is 23.2 Å². The number of piperidine rings is 3. The molecule has 1 aliphatic carbocycles. The van der Waals surface area contributed by atoms with Crippen LogP contribution in [0.5, 0.6) is 17.2 Å². The van der Waals surface area contributed by atoms with Gasteiger partial charge in [-0.25, -0.2) is 14.4 Å². The van der Waals surface area contributed by atoms with Gasteiger partial charge in [-0.15, -0.1) is 0 Å². The van der Waals surface area contributed by atoms with Crippen LogP contribution in [-0.4, -0.2) is 80.2 Å². The number of carboxylic acids is 1. The number of aromatic nitrogens is 1. The highest BCUT2D eigenvalue weighted by Crippen LogP contribution is 2.39. The van der Waals surface area contributed by atoms with Crippen molar-refractivity contribution in [2.45, 2.75) is 63.1 Å². The molecule has 8 rings (SSSR count). The first-order valence-electron chi connectivity index (χ1n) is 19.7. The van der Waals surface area contributed by atoms with Crippen LogP contribution in [0.25, 0.3) is 0 Å². The third kappa shape index (κ3) is 13.0. The summed E-state index contributed by atoms with van der Waals surface area (Å²) in [7, 11) is 1.45. The smallest absolute Gasteiger partial charge is 0.490 e. The largest absolute Gasteiger partial charge is 0.619 e. The molecular weight excluding hydrogens is 884 g/mol. The van der Waals surface area contributed by atoms with E-state index in [0.29, 0.717) is 57.8 Å². The summed E-state index contributed by atoms with van der Waals surface area (Å²) in [6, 6.07) is 17.2. The van der Waals surface area contributed by atoms with E-state index in [0.717, 1.165) is 51.2 Å². The summed E-state index contributed by atoms with van der Waals surface area (Å²) < 4.78 is 87.3. The van der Waals surface area contributed by atoms with Crippen LogP contribution in [0.2, 0.25) is 10.0 Å². The minimum absolute atomic E-state index is 0.0290. The topological polar surface area (TPSA) is 160 Å². The van der Waals surface area contributed by atoms with Gasteiger partial charge in [0.2, 0.25) is 0 Å². The Balaban J connectivity index is 0.000000871. The lowest BCUT2D eigenvalue weighted by molar-refractivity contribution is -0.605. The van der Waals surface area contributed by atoms with Gasteiger partial charge in [0.1, 0.15) is 28.0 Å². The predicted molar refractivity (Wildman–Crippen MR) is 217 cm³/mol. The molecule has 20 heteroatoms. The number of hydrogen-bond donors (Lipinski definition) is 2. The number of halogens is 7. The van der Waals surface area contributed by atoms with Crippen molar-refractivity contribution in [1.82, 2.24) is 4.90 Å². The number of nitrogens with zero attached hydrogens (tertiary/aromatic N) is 2. The van der Waals surface area contributed by atoms with Gasteiger partial charge in [0.25, 0.3) is 0 Å². The number of rotatable bonds is 16. The summed E-state index contributed by atoms with van der Waals surface area (Å²) in [5.74, 6) is -3.23. The third-order valence-electron chi connectivity index (χ3n) is 10.6. The van der Waals surface area contributed by atoms with E-state index in [4.69, 9.17) is 56.8 Å². The number of carbonyl (C=O) groups excluding carboxylic acids is 2. The first kappa shape index (κ1) is 46.9. The maximum Gasteiger partial charge on any atom is 0.490 e. The molecule has 13 nitrogen and oxygen atoms in total. The number of benzene rings is 3. The Morgan fingerprint density at radius 2 is 1.60 bits per heavy atom. The van der Waals surface area contributed by atoms with E-state index in [-0.39, 0.29) is 39.6 Å². The Kier molecular flexibility index (Phi) is 15.4. The molecule has 63 heavy (non-hydrogen) atoms. The average Bonchev–Trinajstić information content (AvgIpc) is 4.08. The van der Waals surface area contributed by atoms with Crippen molar-refractivity contribution in [2.75, 3.05) is 38.7 Å². The highest BCUT2D eigenvalue weighted by Gasteiger charge is 2.39. The number of esters is 2. The van der Waals surface area contributed by atoms with Crippen molar-refractivity contribution in [2.24, 2.45) is 11.8 Å². The lowest BCUT2D eigenvalue weighted by Gasteiger charge is -2.44. The molecule has 338 valence electrons. The Morgan fingerprint density at radius 1 is 0.937 bits per heavy atom. The first-order valence-corrected chi connectivity index (χ1v) is 20.5. The third-order valence-corrected chi connectivity index (χ3v) is 11.2. The molecule has 4 aliphatic rings. The van der Waals surface area contributed by atoms with Crippen LogP contribution in [0.4, 0.5) is 27.6 Å². The molecule has 4 fully saturated rings. The van der Waals surface area contributed by atoms with Gasteiger partial charge in [0.05, 0.1) is 19.3 Å². The molecule has 2 bridgehead atoms. The van der Waals surface area contributed by atoms with Gasteiger partial charge in [0.15, 0.2) is 29.9 Å². The second kappa shape index (κ2) is 20.7. The van der Waals surface area contributed by atoms with E-state index in [1.165, 1.54) is 37.4 Å². The summed E-state index contributed by atoms with van der Waals surface area (Å²) in [4.78, 5) is 39.2. The van der Waals surface area contributed by atoms with Crippen molar-refractivity contribution in [3.8, 4) is 17.2 Å². The Morgan fingerprint density at radius 3 is 2.17 bits per heavy atom. The average molecular weight is 927 g/mol. The number of hydrogen-bond acceptors (Lipinski definition) is 11. The fourth-order valence-electron chi connectivity index (χ4n) is 7.13. The summed E-state index contributed by atoms with van der Waals surface area (Å²) in [5, 5.41) is 22.5. The highest BCUT2D eigenvalue weighted by molar-refractivity contribution is 6.35. The minimum Gasteiger partial charge on any atom is -0.619 e. The number of nitrogens with one attached hydrogen (secondary N) is 1. The number of methoxy groups -OCH3 is 1. The summed E-state index contributed by atoms with van der Waals surface area (Å²) in [5.41, 5.74) is 1.79. The van der Waals surface area contributed by atoms with Gasteiger partial charge < -0.3 is 39.3 Å². The van der Waals surface area contributed by atoms with Crippen molar-refractivity contribution in [3.05, 3.63) is 117 Å². The standard InChI is InChI=1S/C41H41Cl2F2N3O8.C2HF3O2/c1-52-30-16-28(15-29(18-30)46-38(26-5-3-2-4-6-26)40(50)55-37-22-47-13-11-25(37)12-14-47)39(49)54-35(19-31-32(42)20-48(51)21-33(31)43)27-9-10-34(56-41(44)45)36(17-27)53-23-24-7-8-24;3-2(4,5)1(6)7/h2-6,9-10,15-18,20-21,24-25,35,37-38,41,46H,7-8,11-14,19,22-23H2,1H3;(H,6,7)/t35-,37-,38?;/m0./s1. The first-order chi connectivity index (χ1) is 30.0. The van der Waals surface area contributed by atoms with Crippen LogP contribution in [0.3, 0.4) is 0 Å². The van der Waals surface area contributed by atoms with E-state index in [9.17, 15) is 36.7 Å². The Labute approximate surface area is 368 Å². The van der Waals surface area contributed by atoms with E-state index in [1.54, 1.807) is 6.07 Å². The summed E-state index contributed by atoms with van der Waals surface area (Å²) in [6.45, 7) is -0.104. The molecule has 1 unspecified atom stereocenters. The van der Waals surface area contributed by atoms with Crippen molar-refractivity contribution < 1.29 is 69.9 Å². The van der Waals surface area contributed by atoms with Gasteiger partial charge >= 0.3 is 30.7 Å². The molecule has 0 amide bonds. The molecular formula is C43H42Cl2F5N3O10. The molecule has 3 saturated heterocycles. The maximum atomic E-state index is 14.1.